The van der Waals surface area contributed by atoms with Crippen LogP contribution < -0.4 is 11.1 Å². The molecule has 0 saturated carbocycles. The Labute approximate surface area is 137 Å². The summed E-state index contributed by atoms with van der Waals surface area (Å²) in [6.45, 7) is 6.73. The van der Waals surface area contributed by atoms with E-state index in [4.69, 9.17) is 10.5 Å². The van der Waals surface area contributed by atoms with Crippen molar-refractivity contribution in [3.05, 3.63) is 29.8 Å². The average Bonchev–Trinajstić information content (AvgIpc) is 2.46. The zero-order valence-corrected chi connectivity index (χ0v) is 14.0. The van der Waals surface area contributed by atoms with Crippen LogP contribution in [0.2, 0.25) is 0 Å². The summed E-state index contributed by atoms with van der Waals surface area (Å²) in [7, 11) is 0. The van der Waals surface area contributed by atoms with Crippen molar-refractivity contribution in [2.24, 2.45) is 0 Å². The number of carbonyl (C=O) groups excluding carboxylic acids is 2. The Balaban J connectivity index is 1.83. The molecule has 1 fully saturated rings. The van der Waals surface area contributed by atoms with E-state index in [1.165, 1.54) is 0 Å². The van der Waals surface area contributed by atoms with Crippen molar-refractivity contribution in [2.45, 2.75) is 45.3 Å². The highest BCUT2D eigenvalue weighted by Gasteiger charge is 2.26. The molecule has 3 N–H and O–H groups in total. The number of ether oxygens (including phenoxy) is 1. The maximum atomic E-state index is 12.4. The van der Waals surface area contributed by atoms with Crippen molar-refractivity contribution < 1.29 is 14.3 Å². The lowest BCUT2D eigenvalue weighted by atomic mass is 10.0. The third-order valence-electron chi connectivity index (χ3n) is 3.66. The molecule has 6 nitrogen and oxygen atoms in total. The van der Waals surface area contributed by atoms with Crippen LogP contribution in [0.4, 0.5) is 10.5 Å². The number of alkyl carbamates (subject to hydrolysis) is 1. The van der Waals surface area contributed by atoms with Crippen LogP contribution >= 0.6 is 0 Å². The van der Waals surface area contributed by atoms with Gasteiger partial charge in [0.05, 0.1) is 0 Å². The normalized spacial score (nSPS) is 16.0. The van der Waals surface area contributed by atoms with Crippen LogP contribution in [0.15, 0.2) is 24.3 Å². The fourth-order valence-corrected chi connectivity index (χ4v) is 2.51. The fraction of sp³-hybridized carbons (Fsp3) is 0.529. The van der Waals surface area contributed by atoms with E-state index in [1.54, 1.807) is 29.2 Å². The number of hydrogen-bond donors (Lipinski definition) is 2. The van der Waals surface area contributed by atoms with Gasteiger partial charge in [-0.05, 0) is 57.9 Å². The summed E-state index contributed by atoms with van der Waals surface area (Å²) >= 11 is 0. The van der Waals surface area contributed by atoms with Crippen molar-refractivity contribution in [1.82, 2.24) is 10.2 Å². The van der Waals surface area contributed by atoms with E-state index < -0.39 is 11.7 Å². The topological polar surface area (TPSA) is 84.7 Å². The number of rotatable bonds is 2. The number of carbonyl (C=O) groups is 2. The summed E-state index contributed by atoms with van der Waals surface area (Å²) in [6, 6.07) is 6.97. The smallest absolute Gasteiger partial charge is 0.407 e. The van der Waals surface area contributed by atoms with Crippen LogP contribution in [-0.4, -0.2) is 41.6 Å². The lowest BCUT2D eigenvalue weighted by Gasteiger charge is -2.33. The maximum Gasteiger partial charge on any atom is 0.407 e. The number of benzene rings is 1. The second-order valence-electron chi connectivity index (χ2n) is 6.83. The minimum atomic E-state index is -0.504. The van der Waals surface area contributed by atoms with Crippen LogP contribution in [0.3, 0.4) is 0 Å². The zero-order chi connectivity index (χ0) is 17.0. The van der Waals surface area contributed by atoms with E-state index in [1.807, 2.05) is 20.8 Å². The first-order chi connectivity index (χ1) is 10.7. The molecule has 126 valence electrons. The molecule has 1 aromatic rings. The second-order valence-corrected chi connectivity index (χ2v) is 6.83. The molecule has 0 atom stereocenters. The highest BCUT2D eigenvalue weighted by Crippen LogP contribution is 2.16. The van der Waals surface area contributed by atoms with Crippen molar-refractivity contribution in [2.75, 3.05) is 18.8 Å². The third kappa shape index (κ3) is 5.16. The molecule has 1 saturated heterocycles. The van der Waals surface area contributed by atoms with Gasteiger partial charge in [0.15, 0.2) is 0 Å². The molecule has 0 aliphatic carbocycles. The molecular weight excluding hydrogens is 294 g/mol. The van der Waals surface area contributed by atoms with Crippen LogP contribution in [0.25, 0.3) is 0 Å². The van der Waals surface area contributed by atoms with E-state index in [0.29, 0.717) is 24.3 Å². The molecule has 0 unspecified atom stereocenters. The summed E-state index contributed by atoms with van der Waals surface area (Å²) in [5.74, 6) is 0.000665. The average molecular weight is 319 g/mol. The molecule has 1 aliphatic heterocycles. The summed E-state index contributed by atoms with van der Waals surface area (Å²) < 4.78 is 5.25. The standard InChI is InChI=1S/C17H25N3O3/c1-17(2,3)23-16(22)19-14-8-10-20(11-9-14)15(21)12-4-6-13(18)7-5-12/h4-7,14H,8-11,18H2,1-3H3,(H,19,22). The Hall–Kier alpha value is -2.24. The van der Waals surface area contributed by atoms with Gasteiger partial charge in [-0.1, -0.05) is 0 Å². The number of anilines is 1. The van der Waals surface area contributed by atoms with Gasteiger partial charge in [-0.3, -0.25) is 4.79 Å². The Morgan fingerprint density at radius 2 is 1.74 bits per heavy atom. The molecule has 23 heavy (non-hydrogen) atoms. The summed E-state index contributed by atoms with van der Waals surface area (Å²) in [5.41, 5.74) is 6.41. The van der Waals surface area contributed by atoms with E-state index in [-0.39, 0.29) is 11.9 Å². The number of piperidine rings is 1. The lowest BCUT2D eigenvalue weighted by Crippen LogP contribution is -2.47. The SMILES string of the molecule is CC(C)(C)OC(=O)NC1CCN(C(=O)c2ccc(N)cc2)CC1. The summed E-state index contributed by atoms with van der Waals surface area (Å²) in [6.07, 6.45) is 1.04. The van der Waals surface area contributed by atoms with Gasteiger partial charge in [0.1, 0.15) is 5.60 Å². The van der Waals surface area contributed by atoms with Crippen molar-refractivity contribution in [3.63, 3.8) is 0 Å². The van der Waals surface area contributed by atoms with Crippen LogP contribution in [-0.2, 0) is 4.74 Å². The van der Waals surface area contributed by atoms with Crippen LogP contribution in [0.5, 0.6) is 0 Å². The van der Waals surface area contributed by atoms with E-state index in [9.17, 15) is 9.59 Å². The monoisotopic (exact) mass is 319 g/mol. The molecule has 1 aromatic carbocycles. The Morgan fingerprint density at radius 3 is 2.26 bits per heavy atom. The number of likely N-dealkylation sites (tertiary alicyclic amines) is 1. The molecule has 6 heteroatoms. The zero-order valence-electron chi connectivity index (χ0n) is 14.0. The van der Waals surface area contributed by atoms with Crippen molar-refractivity contribution in [1.29, 1.82) is 0 Å². The molecule has 2 rings (SSSR count). The van der Waals surface area contributed by atoms with Gasteiger partial charge in [0.2, 0.25) is 0 Å². The first-order valence-electron chi connectivity index (χ1n) is 7.89. The molecule has 0 radical (unpaired) electrons. The maximum absolute atomic E-state index is 12.4. The second kappa shape index (κ2) is 6.89. The molecule has 0 bridgehead atoms. The molecular formula is C17H25N3O3. The Kier molecular flexibility index (Phi) is 5.13. The fourth-order valence-electron chi connectivity index (χ4n) is 2.51. The number of nitrogen functional groups attached to an aromatic ring is 1. The van der Waals surface area contributed by atoms with Gasteiger partial charge >= 0.3 is 6.09 Å². The van der Waals surface area contributed by atoms with Crippen LogP contribution in [0.1, 0.15) is 44.0 Å². The van der Waals surface area contributed by atoms with Gasteiger partial charge in [0, 0.05) is 30.4 Å². The highest BCUT2D eigenvalue weighted by atomic mass is 16.6. The number of nitrogens with one attached hydrogen (secondary N) is 1. The first-order valence-corrected chi connectivity index (χ1v) is 7.89. The quantitative estimate of drug-likeness (QED) is 0.820. The van der Waals surface area contributed by atoms with E-state index in [0.717, 1.165) is 12.8 Å². The minimum Gasteiger partial charge on any atom is -0.444 e. The largest absolute Gasteiger partial charge is 0.444 e. The number of nitrogens with zero attached hydrogens (tertiary/aromatic N) is 1. The Morgan fingerprint density at radius 1 is 1.17 bits per heavy atom. The molecule has 0 aromatic heterocycles. The number of amides is 2. The molecule has 2 amide bonds. The van der Waals surface area contributed by atoms with Gasteiger partial charge in [-0.25, -0.2) is 4.79 Å². The first kappa shape index (κ1) is 17.1. The summed E-state index contributed by atoms with van der Waals surface area (Å²) in [4.78, 5) is 26.0. The van der Waals surface area contributed by atoms with Gasteiger partial charge < -0.3 is 20.7 Å². The predicted molar refractivity (Wildman–Crippen MR) is 89.1 cm³/mol. The van der Waals surface area contributed by atoms with Gasteiger partial charge in [-0.15, -0.1) is 0 Å². The van der Waals surface area contributed by atoms with Crippen molar-refractivity contribution in [3.8, 4) is 0 Å². The number of hydrogen-bond acceptors (Lipinski definition) is 4. The predicted octanol–water partition coefficient (Wildman–Crippen LogP) is 2.40. The van der Waals surface area contributed by atoms with E-state index in [2.05, 4.69) is 5.32 Å². The number of nitrogens with two attached hydrogens (primary N) is 1. The lowest BCUT2D eigenvalue weighted by molar-refractivity contribution is 0.0473. The van der Waals surface area contributed by atoms with E-state index >= 15 is 0 Å². The summed E-state index contributed by atoms with van der Waals surface area (Å²) in [5, 5.41) is 2.87. The Bertz CT molecular complexity index is 555. The highest BCUT2D eigenvalue weighted by molar-refractivity contribution is 5.94. The molecule has 1 aliphatic rings. The minimum absolute atomic E-state index is 0.000665. The van der Waals surface area contributed by atoms with Gasteiger partial charge in [0.25, 0.3) is 5.91 Å². The van der Waals surface area contributed by atoms with Gasteiger partial charge in [-0.2, -0.15) is 0 Å². The van der Waals surface area contributed by atoms with Crippen molar-refractivity contribution >= 4 is 17.7 Å². The molecule has 0 spiro atoms. The van der Waals surface area contributed by atoms with Crippen LogP contribution in [0, 0.1) is 0 Å². The molecule has 1 heterocycles. The third-order valence-corrected chi connectivity index (χ3v) is 3.66.